The van der Waals surface area contributed by atoms with Crippen LogP contribution in [-0.2, 0) is 22.5 Å². The topological polar surface area (TPSA) is 70.2 Å². The van der Waals surface area contributed by atoms with Crippen molar-refractivity contribution >= 4 is 33.3 Å². The molecular weight excluding hydrogens is 348 g/mol. The predicted molar refractivity (Wildman–Crippen MR) is 104 cm³/mol. The Bertz CT molecular complexity index is 882. The van der Waals surface area contributed by atoms with Crippen LogP contribution in [0.5, 0.6) is 0 Å². The maximum absolute atomic E-state index is 12.2. The second-order valence-electron chi connectivity index (χ2n) is 6.36. The number of H-pyrrole nitrogens is 1. The molecule has 0 bridgehead atoms. The highest BCUT2D eigenvalue weighted by atomic mass is 32.1. The van der Waals surface area contributed by atoms with E-state index < -0.39 is 0 Å². The van der Waals surface area contributed by atoms with Gasteiger partial charge in [0.2, 0.25) is 5.91 Å². The Morgan fingerprint density at radius 3 is 3.04 bits per heavy atom. The van der Waals surface area contributed by atoms with Gasteiger partial charge in [-0.05, 0) is 18.1 Å². The number of carbonyl (C=O) groups excluding carboxylic acids is 1. The molecule has 1 amide bonds. The molecule has 7 heteroatoms. The molecule has 3 aromatic rings. The van der Waals surface area contributed by atoms with E-state index in [0.717, 1.165) is 49.1 Å². The van der Waals surface area contributed by atoms with E-state index in [2.05, 4.69) is 26.3 Å². The Labute approximate surface area is 156 Å². The lowest BCUT2D eigenvalue weighted by molar-refractivity contribution is -0.121. The lowest BCUT2D eigenvalue weighted by Crippen LogP contribution is -2.36. The van der Waals surface area contributed by atoms with E-state index >= 15 is 0 Å². The molecule has 3 heterocycles. The largest absolute Gasteiger partial charge is 0.378 e. The first-order valence-electron chi connectivity index (χ1n) is 8.88. The van der Waals surface area contributed by atoms with Gasteiger partial charge in [0.05, 0.1) is 25.5 Å². The molecule has 4 rings (SSSR count). The first kappa shape index (κ1) is 17.1. The number of aryl methyl sites for hydroxylation is 1. The summed E-state index contributed by atoms with van der Waals surface area (Å²) in [4.78, 5) is 22.3. The third-order valence-corrected chi connectivity index (χ3v) is 5.53. The van der Waals surface area contributed by atoms with Gasteiger partial charge in [-0.25, -0.2) is 4.98 Å². The van der Waals surface area contributed by atoms with Crippen molar-refractivity contribution in [3.8, 4) is 0 Å². The van der Waals surface area contributed by atoms with Gasteiger partial charge in [0, 0.05) is 42.0 Å². The molecule has 1 aromatic carbocycles. The van der Waals surface area contributed by atoms with E-state index in [1.54, 1.807) is 11.3 Å². The molecule has 2 N–H and O–H groups in total. The zero-order valence-electron chi connectivity index (χ0n) is 14.5. The van der Waals surface area contributed by atoms with Crippen molar-refractivity contribution < 1.29 is 9.53 Å². The maximum Gasteiger partial charge on any atom is 0.220 e. The van der Waals surface area contributed by atoms with Crippen LogP contribution in [0.4, 0.5) is 5.13 Å². The Hall–Kier alpha value is -2.38. The second kappa shape index (κ2) is 7.88. The summed E-state index contributed by atoms with van der Waals surface area (Å²) in [7, 11) is 0. The molecule has 1 aliphatic rings. The molecule has 1 fully saturated rings. The number of amides is 1. The Morgan fingerprint density at radius 1 is 1.31 bits per heavy atom. The number of rotatable bonds is 6. The smallest absolute Gasteiger partial charge is 0.220 e. The first-order valence-corrected chi connectivity index (χ1v) is 9.76. The number of aromatic nitrogens is 2. The molecule has 0 spiro atoms. The Balaban J connectivity index is 1.27. The van der Waals surface area contributed by atoms with Crippen LogP contribution in [0, 0.1) is 0 Å². The third-order valence-electron chi connectivity index (χ3n) is 4.58. The molecule has 0 unspecified atom stereocenters. The van der Waals surface area contributed by atoms with Crippen molar-refractivity contribution in [2.45, 2.75) is 19.4 Å². The number of benzene rings is 1. The minimum atomic E-state index is 0.0520. The predicted octanol–water partition coefficient (Wildman–Crippen LogP) is 2.71. The molecule has 1 saturated heterocycles. The van der Waals surface area contributed by atoms with Crippen molar-refractivity contribution in [2.75, 3.05) is 31.2 Å². The van der Waals surface area contributed by atoms with Gasteiger partial charge in [-0.3, -0.25) is 4.79 Å². The highest BCUT2D eigenvalue weighted by molar-refractivity contribution is 7.13. The molecule has 26 heavy (non-hydrogen) atoms. The molecule has 0 radical (unpaired) electrons. The maximum atomic E-state index is 12.2. The number of fused-ring (bicyclic) bond motifs is 1. The lowest BCUT2D eigenvalue weighted by Gasteiger charge is -2.26. The monoisotopic (exact) mass is 370 g/mol. The first-order chi connectivity index (χ1) is 12.8. The molecule has 2 aromatic heterocycles. The number of thiazole rings is 1. The van der Waals surface area contributed by atoms with E-state index in [1.165, 1.54) is 10.9 Å². The summed E-state index contributed by atoms with van der Waals surface area (Å²) in [6.45, 7) is 3.74. The van der Waals surface area contributed by atoms with E-state index in [9.17, 15) is 4.79 Å². The molecular formula is C19H22N4O2S. The minimum Gasteiger partial charge on any atom is -0.378 e. The van der Waals surface area contributed by atoms with Gasteiger partial charge in [0.25, 0.3) is 0 Å². The average Bonchev–Trinajstić information content (AvgIpc) is 3.33. The SMILES string of the molecule is O=C(CCc1c[nH]c2ccccc12)NCc1csc(N2CCOCC2)n1. The molecule has 6 nitrogen and oxygen atoms in total. The van der Waals surface area contributed by atoms with E-state index in [1.807, 2.05) is 29.8 Å². The van der Waals surface area contributed by atoms with Crippen molar-refractivity contribution in [3.05, 3.63) is 47.1 Å². The average molecular weight is 370 g/mol. The quantitative estimate of drug-likeness (QED) is 0.700. The van der Waals surface area contributed by atoms with E-state index in [4.69, 9.17) is 4.74 Å². The van der Waals surface area contributed by atoms with Gasteiger partial charge >= 0.3 is 0 Å². The summed E-state index contributed by atoms with van der Waals surface area (Å²) in [6, 6.07) is 8.16. The molecule has 0 saturated carbocycles. The zero-order valence-corrected chi connectivity index (χ0v) is 15.3. The highest BCUT2D eigenvalue weighted by Crippen LogP contribution is 2.21. The molecule has 0 atom stereocenters. The number of para-hydroxylation sites is 1. The zero-order chi connectivity index (χ0) is 17.8. The van der Waals surface area contributed by atoms with E-state index in [-0.39, 0.29) is 5.91 Å². The van der Waals surface area contributed by atoms with Crippen LogP contribution in [0.15, 0.2) is 35.8 Å². The summed E-state index contributed by atoms with van der Waals surface area (Å²) in [5.74, 6) is 0.0520. The summed E-state index contributed by atoms with van der Waals surface area (Å²) in [6.07, 6.45) is 3.20. The van der Waals surface area contributed by atoms with Crippen LogP contribution in [0.25, 0.3) is 10.9 Å². The lowest BCUT2D eigenvalue weighted by atomic mass is 10.1. The highest BCUT2D eigenvalue weighted by Gasteiger charge is 2.15. The number of hydrogen-bond acceptors (Lipinski definition) is 5. The van der Waals surface area contributed by atoms with Gasteiger partial charge in [-0.2, -0.15) is 0 Å². The van der Waals surface area contributed by atoms with Crippen LogP contribution in [0.3, 0.4) is 0 Å². The summed E-state index contributed by atoms with van der Waals surface area (Å²) in [5.41, 5.74) is 3.21. The number of aromatic amines is 1. The second-order valence-corrected chi connectivity index (χ2v) is 7.19. The minimum absolute atomic E-state index is 0.0520. The standard InChI is InChI=1S/C19H22N4O2S/c24-18(6-5-14-11-20-17-4-2-1-3-16(14)17)21-12-15-13-26-19(22-15)23-7-9-25-10-8-23/h1-4,11,13,20H,5-10,12H2,(H,21,24). The fourth-order valence-corrected chi connectivity index (χ4v) is 4.02. The van der Waals surface area contributed by atoms with Crippen molar-refractivity contribution in [2.24, 2.45) is 0 Å². The van der Waals surface area contributed by atoms with Gasteiger partial charge in [-0.1, -0.05) is 18.2 Å². The fraction of sp³-hybridized carbons (Fsp3) is 0.368. The fourth-order valence-electron chi connectivity index (χ4n) is 3.14. The summed E-state index contributed by atoms with van der Waals surface area (Å²) >= 11 is 1.62. The number of nitrogens with one attached hydrogen (secondary N) is 2. The third kappa shape index (κ3) is 3.89. The number of carbonyl (C=O) groups is 1. The van der Waals surface area contributed by atoms with Crippen molar-refractivity contribution in [1.82, 2.24) is 15.3 Å². The number of ether oxygens (including phenoxy) is 1. The van der Waals surface area contributed by atoms with Crippen molar-refractivity contribution in [3.63, 3.8) is 0 Å². The molecule has 0 aliphatic carbocycles. The summed E-state index contributed by atoms with van der Waals surface area (Å²) in [5, 5.41) is 7.20. The van der Waals surface area contributed by atoms with Crippen LogP contribution in [0.1, 0.15) is 17.7 Å². The van der Waals surface area contributed by atoms with E-state index in [0.29, 0.717) is 13.0 Å². The molecule has 1 aliphatic heterocycles. The summed E-state index contributed by atoms with van der Waals surface area (Å²) < 4.78 is 5.37. The van der Waals surface area contributed by atoms with Crippen LogP contribution >= 0.6 is 11.3 Å². The van der Waals surface area contributed by atoms with Gasteiger partial charge in [0.1, 0.15) is 0 Å². The van der Waals surface area contributed by atoms with Crippen LogP contribution in [0.2, 0.25) is 0 Å². The number of morpholine rings is 1. The van der Waals surface area contributed by atoms with Gasteiger partial charge in [-0.15, -0.1) is 11.3 Å². The van der Waals surface area contributed by atoms with Gasteiger partial charge < -0.3 is 19.9 Å². The van der Waals surface area contributed by atoms with Gasteiger partial charge in [0.15, 0.2) is 5.13 Å². The van der Waals surface area contributed by atoms with Crippen molar-refractivity contribution in [1.29, 1.82) is 0 Å². The van der Waals surface area contributed by atoms with Crippen LogP contribution in [-0.4, -0.2) is 42.2 Å². The number of hydrogen-bond donors (Lipinski definition) is 2. The number of anilines is 1. The normalized spacial score (nSPS) is 14.7. The Morgan fingerprint density at radius 2 is 2.15 bits per heavy atom. The number of nitrogens with zero attached hydrogens (tertiary/aromatic N) is 2. The Kier molecular flexibility index (Phi) is 5.17. The molecule has 136 valence electrons. The van der Waals surface area contributed by atoms with Crippen LogP contribution < -0.4 is 10.2 Å².